The lowest BCUT2D eigenvalue weighted by Gasteiger charge is -2.18. The molecule has 0 saturated heterocycles. The van der Waals surface area contributed by atoms with Crippen molar-refractivity contribution in [3.8, 4) is 5.75 Å². The highest BCUT2D eigenvalue weighted by Gasteiger charge is 2.12. The molecule has 0 aromatic heterocycles. The Bertz CT molecular complexity index is 673. The number of esters is 1. The highest BCUT2D eigenvalue weighted by atomic mass is 16.7. The van der Waals surface area contributed by atoms with Gasteiger partial charge in [-0.25, -0.2) is 9.59 Å². The molecule has 0 saturated carbocycles. The zero-order valence-corrected chi connectivity index (χ0v) is 17.8. The Labute approximate surface area is 177 Å². The molecule has 1 aromatic carbocycles. The van der Waals surface area contributed by atoms with E-state index in [0.717, 1.165) is 18.9 Å². The van der Waals surface area contributed by atoms with Crippen molar-refractivity contribution < 1.29 is 33.3 Å². The minimum atomic E-state index is -0.707. The number of alkyl carbamates (subject to hydrolysis) is 1. The Hall–Kier alpha value is -3.13. The second-order valence-corrected chi connectivity index (χ2v) is 5.87. The molecule has 1 N–H and O–H groups in total. The third kappa shape index (κ3) is 14.0. The van der Waals surface area contributed by atoms with Crippen LogP contribution in [0.2, 0.25) is 0 Å². The highest BCUT2D eigenvalue weighted by molar-refractivity contribution is 6.01. The van der Waals surface area contributed by atoms with Crippen LogP contribution in [0.25, 0.3) is 0 Å². The summed E-state index contributed by atoms with van der Waals surface area (Å²) < 4.78 is 20.4. The second-order valence-electron chi connectivity index (χ2n) is 5.87. The van der Waals surface area contributed by atoms with Gasteiger partial charge in [0.05, 0.1) is 6.61 Å². The van der Waals surface area contributed by atoms with E-state index in [4.69, 9.17) is 18.9 Å². The third-order valence-corrected chi connectivity index (χ3v) is 3.23. The molecule has 0 radical (unpaired) electrons. The van der Waals surface area contributed by atoms with Gasteiger partial charge in [0.2, 0.25) is 6.29 Å². The Balaban J connectivity index is 0.000000584. The molecule has 0 aliphatic heterocycles. The summed E-state index contributed by atoms with van der Waals surface area (Å²) in [6.45, 7) is 12.9. The van der Waals surface area contributed by atoms with Gasteiger partial charge in [0, 0.05) is 18.3 Å². The SMILES string of the molecule is C=C(C)C(=O)NC(=O)OCCCC.C=CC(=O)OCC(OCC)Oc1ccccc1. The van der Waals surface area contributed by atoms with Crippen molar-refractivity contribution in [1.82, 2.24) is 5.32 Å². The summed E-state index contributed by atoms with van der Waals surface area (Å²) in [5, 5.41) is 2.04. The smallest absolute Gasteiger partial charge is 0.414 e. The normalized spacial score (nSPS) is 10.5. The molecule has 166 valence electrons. The van der Waals surface area contributed by atoms with E-state index in [1.807, 2.05) is 37.4 Å². The maximum atomic E-state index is 10.9. The van der Waals surface area contributed by atoms with E-state index in [-0.39, 0.29) is 12.2 Å². The van der Waals surface area contributed by atoms with Gasteiger partial charge in [-0.15, -0.1) is 0 Å². The maximum Gasteiger partial charge on any atom is 0.414 e. The molecule has 0 fully saturated rings. The molecule has 0 bridgehead atoms. The number of amides is 2. The van der Waals surface area contributed by atoms with Crippen LogP contribution in [0.5, 0.6) is 5.75 Å². The third-order valence-electron chi connectivity index (χ3n) is 3.23. The predicted molar refractivity (Wildman–Crippen MR) is 113 cm³/mol. The van der Waals surface area contributed by atoms with Gasteiger partial charge in [-0.1, -0.05) is 44.7 Å². The van der Waals surface area contributed by atoms with Crippen LogP contribution in [0.15, 0.2) is 55.1 Å². The molecular weight excluding hydrogens is 390 g/mol. The van der Waals surface area contributed by atoms with E-state index >= 15 is 0 Å². The topological polar surface area (TPSA) is 100 Å². The average molecular weight is 421 g/mol. The van der Waals surface area contributed by atoms with Crippen LogP contribution in [0, 0.1) is 0 Å². The van der Waals surface area contributed by atoms with E-state index in [9.17, 15) is 14.4 Å². The number of unbranched alkanes of at least 4 members (excludes halogenated alkanes) is 1. The first kappa shape index (κ1) is 26.9. The summed E-state index contributed by atoms with van der Waals surface area (Å²) in [7, 11) is 0. The van der Waals surface area contributed by atoms with E-state index in [1.54, 1.807) is 12.1 Å². The van der Waals surface area contributed by atoms with E-state index in [0.29, 0.717) is 19.0 Å². The van der Waals surface area contributed by atoms with Crippen molar-refractivity contribution >= 4 is 18.0 Å². The number of carbonyl (C=O) groups excluding carboxylic acids is 3. The van der Waals surface area contributed by atoms with Crippen molar-refractivity contribution in [3.05, 3.63) is 55.1 Å². The summed E-state index contributed by atoms with van der Waals surface area (Å²) >= 11 is 0. The van der Waals surface area contributed by atoms with E-state index in [1.165, 1.54) is 6.92 Å². The number of benzene rings is 1. The number of ether oxygens (including phenoxy) is 4. The van der Waals surface area contributed by atoms with Crippen molar-refractivity contribution in [3.63, 3.8) is 0 Å². The van der Waals surface area contributed by atoms with Crippen molar-refractivity contribution in [2.45, 2.75) is 39.9 Å². The highest BCUT2D eigenvalue weighted by Crippen LogP contribution is 2.11. The molecule has 1 unspecified atom stereocenters. The Kier molecular flexibility index (Phi) is 15.0. The fourth-order valence-corrected chi connectivity index (χ4v) is 1.71. The molecule has 1 atom stereocenters. The van der Waals surface area contributed by atoms with Gasteiger partial charge >= 0.3 is 12.1 Å². The standard InChI is InChI=1S/C13H16O4.C9H15NO3/c1-3-12(14)16-10-13(15-4-2)17-11-8-6-5-7-9-11;1-4-5-6-13-9(12)10-8(11)7(2)3/h3,5-9,13H,1,4,10H2,2H3;2,4-6H2,1,3H3,(H,10,11,12). The van der Waals surface area contributed by atoms with Crippen molar-refractivity contribution in [2.24, 2.45) is 0 Å². The Morgan fingerprint density at radius 2 is 1.80 bits per heavy atom. The number of carbonyl (C=O) groups is 3. The summed E-state index contributed by atoms with van der Waals surface area (Å²) in [5.74, 6) is -0.325. The molecule has 0 spiro atoms. The molecule has 0 heterocycles. The first-order chi connectivity index (χ1) is 14.3. The number of hydrogen-bond donors (Lipinski definition) is 1. The van der Waals surface area contributed by atoms with Gasteiger partial charge in [0.15, 0.2) is 6.61 Å². The van der Waals surface area contributed by atoms with Gasteiger partial charge in [-0.2, -0.15) is 0 Å². The number of hydrogen-bond acceptors (Lipinski definition) is 7. The lowest BCUT2D eigenvalue weighted by molar-refractivity contribution is -0.154. The monoisotopic (exact) mass is 421 g/mol. The van der Waals surface area contributed by atoms with Gasteiger partial charge in [-0.05, 0) is 32.4 Å². The first-order valence-electron chi connectivity index (χ1n) is 9.60. The summed E-state index contributed by atoms with van der Waals surface area (Å²) in [6.07, 6.45) is 1.54. The first-order valence-corrected chi connectivity index (χ1v) is 9.60. The molecule has 2 amide bonds. The van der Waals surface area contributed by atoms with Gasteiger partial charge < -0.3 is 18.9 Å². The average Bonchev–Trinajstić information content (AvgIpc) is 2.73. The molecule has 30 heavy (non-hydrogen) atoms. The minimum absolute atomic E-state index is 0.0353. The van der Waals surface area contributed by atoms with E-state index < -0.39 is 24.3 Å². The van der Waals surface area contributed by atoms with Crippen molar-refractivity contribution in [2.75, 3.05) is 19.8 Å². The number of nitrogens with one attached hydrogen (secondary N) is 1. The molecular formula is C22H31NO7. The summed E-state index contributed by atoms with van der Waals surface area (Å²) in [4.78, 5) is 32.6. The van der Waals surface area contributed by atoms with Gasteiger partial charge in [-0.3, -0.25) is 10.1 Å². The van der Waals surface area contributed by atoms with Crippen molar-refractivity contribution in [1.29, 1.82) is 0 Å². The largest absolute Gasteiger partial charge is 0.461 e. The van der Waals surface area contributed by atoms with Crippen LogP contribution in [-0.2, 0) is 23.8 Å². The van der Waals surface area contributed by atoms with Crippen LogP contribution in [-0.4, -0.2) is 44.1 Å². The molecule has 0 aliphatic carbocycles. The molecule has 8 heteroatoms. The van der Waals surface area contributed by atoms with Crippen LogP contribution in [0.4, 0.5) is 4.79 Å². The molecule has 1 aromatic rings. The summed E-state index contributed by atoms with van der Waals surface area (Å²) in [6, 6.07) is 9.21. The zero-order chi connectivity index (χ0) is 22.8. The fraction of sp³-hybridized carbons (Fsp3) is 0.409. The predicted octanol–water partition coefficient (Wildman–Crippen LogP) is 3.77. The molecule has 0 aliphatic rings. The molecule has 1 rings (SSSR count). The van der Waals surface area contributed by atoms with Gasteiger partial charge in [0.1, 0.15) is 5.75 Å². The second kappa shape index (κ2) is 16.8. The number of rotatable bonds is 11. The van der Waals surface area contributed by atoms with Crippen LogP contribution >= 0.6 is 0 Å². The molecule has 8 nitrogen and oxygen atoms in total. The minimum Gasteiger partial charge on any atom is -0.461 e. The Morgan fingerprint density at radius 1 is 1.13 bits per heavy atom. The number of imide groups is 1. The Morgan fingerprint density at radius 3 is 2.33 bits per heavy atom. The van der Waals surface area contributed by atoms with Crippen LogP contribution < -0.4 is 10.1 Å². The summed E-state index contributed by atoms with van der Waals surface area (Å²) in [5.41, 5.74) is 0.285. The fourth-order valence-electron chi connectivity index (χ4n) is 1.71. The maximum absolute atomic E-state index is 10.9. The lowest BCUT2D eigenvalue weighted by atomic mass is 10.3. The quantitative estimate of drug-likeness (QED) is 0.251. The van der Waals surface area contributed by atoms with E-state index in [2.05, 4.69) is 13.2 Å². The van der Waals surface area contributed by atoms with Crippen LogP contribution in [0.1, 0.15) is 33.6 Å². The lowest BCUT2D eigenvalue weighted by Crippen LogP contribution is -2.31. The van der Waals surface area contributed by atoms with Gasteiger partial charge in [0.25, 0.3) is 5.91 Å². The van der Waals surface area contributed by atoms with Crippen LogP contribution in [0.3, 0.4) is 0 Å². The number of para-hydroxylation sites is 1. The zero-order valence-electron chi connectivity index (χ0n) is 17.8.